The van der Waals surface area contributed by atoms with E-state index in [9.17, 15) is 4.79 Å². The summed E-state index contributed by atoms with van der Waals surface area (Å²) >= 11 is 6.03. The highest BCUT2D eigenvalue weighted by atomic mass is 35.5. The van der Waals surface area contributed by atoms with Crippen LogP contribution in [-0.4, -0.2) is 52.5 Å². The largest absolute Gasteiger partial charge is 0.480 e. The van der Waals surface area contributed by atoms with Gasteiger partial charge in [0.15, 0.2) is 0 Å². The lowest BCUT2D eigenvalue weighted by Crippen LogP contribution is -2.35. The molecule has 3 rings (SSSR count). The highest BCUT2D eigenvalue weighted by Crippen LogP contribution is 2.39. The molecule has 0 saturated heterocycles. The average molecular weight is 434 g/mol. The van der Waals surface area contributed by atoms with E-state index in [1.807, 2.05) is 17.7 Å². The predicted molar refractivity (Wildman–Crippen MR) is 114 cm³/mol. The molecule has 3 heterocycles. The van der Waals surface area contributed by atoms with Crippen LogP contribution in [0.3, 0.4) is 0 Å². The standard InChI is InChI=1S/C20H24ClN5O4/c1-20(2,3)30-19(27)26(5)18-23-16(28-6)15(17(24-18)29-7)12-8-11-9-14(21)22-10-13(11)25(12)4/h8-10H,1-7H3. The van der Waals surface area contributed by atoms with Crippen LogP contribution in [0.15, 0.2) is 18.3 Å². The van der Waals surface area contributed by atoms with Crippen molar-refractivity contribution in [1.29, 1.82) is 0 Å². The Morgan fingerprint density at radius 1 is 1.13 bits per heavy atom. The molecule has 1 amide bonds. The van der Waals surface area contributed by atoms with Crippen molar-refractivity contribution in [3.8, 4) is 23.0 Å². The number of nitrogens with zero attached hydrogens (tertiary/aromatic N) is 5. The Morgan fingerprint density at radius 3 is 2.27 bits per heavy atom. The summed E-state index contributed by atoms with van der Waals surface area (Å²) in [6.45, 7) is 5.35. The number of rotatable bonds is 4. The third-order valence-electron chi connectivity index (χ3n) is 4.34. The van der Waals surface area contributed by atoms with Gasteiger partial charge in [-0.3, -0.25) is 0 Å². The number of methoxy groups -OCH3 is 2. The van der Waals surface area contributed by atoms with E-state index in [-0.39, 0.29) is 17.7 Å². The number of carbonyl (C=O) groups excluding carboxylic acids is 1. The lowest BCUT2D eigenvalue weighted by Gasteiger charge is -2.24. The zero-order chi connectivity index (χ0) is 22.2. The van der Waals surface area contributed by atoms with E-state index >= 15 is 0 Å². The fourth-order valence-corrected chi connectivity index (χ4v) is 3.10. The maximum Gasteiger partial charge on any atom is 0.416 e. The van der Waals surface area contributed by atoms with E-state index in [1.54, 1.807) is 33.0 Å². The van der Waals surface area contributed by atoms with E-state index in [2.05, 4.69) is 15.0 Å². The number of halogens is 1. The van der Waals surface area contributed by atoms with Gasteiger partial charge in [-0.15, -0.1) is 0 Å². The van der Waals surface area contributed by atoms with Gasteiger partial charge in [-0.05, 0) is 32.9 Å². The minimum atomic E-state index is -0.655. The van der Waals surface area contributed by atoms with E-state index in [1.165, 1.54) is 26.2 Å². The number of aryl methyl sites for hydroxylation is 1. The van der Waals surface area contributed by atoms with Gasteiger partial charge in [-0.1, -0.05) is 11.6 Å². The second-order valence-electron chi connectivity index (χ2n) is 7.61. The quantitative estimate of drug-likeness (QED) is 0.572. The zero-order valence-electron chi connectivity index (χ0n) is 18.0. The Morgan fingerprint density at radius 2 is 1.73 bits per heavy atom. The predicted octanol–water partition coefficient (Wildman–Crippen LogP) is 4.07. The molecule has 0 spiro atoms. The van der Waals surface area contributed by atoms with E-state index in [0.717, 1.165) is 16.6 Å². The first kappa shape index (κ1) is 21.6. The molecule has 160 valence electrons. The Hall–Kier alpha value is -3.07. The van der Waals surface area contributed by atoms with Crippen molar-refractivity contribution in [1.82, 2.24) is 19.5 Å². The lowest BCUT2D eigenvalue weighted by atomic mass is 10.2. The minimum absolute atomic E-state index is 0.0881. The van der Waals surface area contributed by atoms with Crippen LogP contribution in [0.25, 0.3) is 22.2 Å². The molecule has 0 aromatic carbocycles. The van der Waals surface area contributed by atoms with Gasteiger partial charge in [-0.2, -0.15) is 9.97 Å². The summed E-state index contributed by atoms with van der Waals surface area (Å²) in [6.07, 6.45) is 1.09. The van der Waals surface area contributed by atoms with Crippen LogP contribution in [-0.2, 0) is 11.8 Å². The summed E-state index contributed by atoms with van der Waals surface area (Å²) in [6, 6.07) is 3.69. The van der Waals surface area contributed by atoms with Crippen LogP contribution < -0.4 is 14.4 Å². The van der Waals surface area contributed by atoms with Crippen molar-refractivity contribution in [3.63, 3.8) is 0 Å². The number of amides is 1. The molecule has 0 atom stereocenters. The third kappa shape index (κ3) is 4.11. The molecule has 0 unspecified atom stereocenters. The summed E-state index contributed by atoms with van der Waals surface area (Å²) < 4.78 is 18.4. The van der Waals surface area contributed by atoms with Crippen molar-refractivity contribution < 1.29 is 19.0 Å². The first-order valence-corrected chi connectivity index (χ1v) is 9.51. The Kier molecular flexibility index (Phi) is 5.76. The smallest absolute Gasteiger partial charge is 0.416 e. The first-order chi connectivity index (χ1) is 14.1. The molecule has 0 N–H and O–H groups in total. The van der Waals surface area contributed by atoms with Gasteiger partial charge in [0.1, 0.15) is 16.3 Å². The van der Waals surface area contributed by atoms with Gasteiger partial charge in [0, 0.05) is 19.5 Å². The maximum atomic E-state index is 12.4. The first-order valence-electron chi connectivity index (χ1n) is 9.13. The molecule has 0 aliphatic rings. The van der Waals surface area contributed by atoms with Crippen molar-refractivity contribution in [2.75, 3.05) is 26.2 Å². The molecule has 0 radical (unpaired) electrons. The number of anilines is 1. The molecule has 3 aromatic rings. The van der Waals surface area contributed by atoms with Gasteiger partial charge in [0.25, 0.3) is 0 Å². The zero-order valence-corrected chi connectivity index (χ0v) is 18.7. The van der Waals surface area contributed by atoms with E-state index < -0.39 is 11.7 Å². The number of pyridine rings is 1. The van der Waals surface area contributed by atoms with Crippen molar-refractivity contribution in [3.05, 3.63) is 23.5 Å². The number of hydrogen-bond donors (Lipinski definition) is 0. The second kappa shape index (κ2) is 7.98. The summed E-state index contributed by atoms with van der Waals surface area (Å²) in [4.78, 5) is 26.6. The van der Waals surface area contributed by atoms with Crippen molar-refractivity contribution in [2.45, 2.75) is 26.4 Å². The Bertz CT molecular complexity index is 1080. The van der Waals surface area contributed by atoms with Crippen LogP contribution >= 0.6 is 11.6 Å². The molecule has 9 nitrogen and oxygen atoms in total. The average Bonchev–Trinajstić information content (AvgIpc) is 3.00. The molecule has 0 saturated carbocycles. The monoisotopic (exact) mass is 433 g/mol. The van der Waals surface area contributed by atoms with E-state index in [4.69, 9.17) is 25.8 Å². The summed E-state index contributed by atoms with van der Waals surface area (Å²) in [7, 11) is 6.38. The Labute approximate surface area is 179 Å². The minimum Gasteiger partial charge on any atom is -0.480 e. The van der Waals surface area contributed by atoms with Crippen LogP contribution in [0, 0.1) is 0 Å². The number of fused-ring (bicyclic) bond motifs is 1. The molecule has 30 heavy (non-hydrogen) atoms. The number of carbonyl (C=O) groups is 1. The molecule has 10 heteroatoms. The van der Waals surface area contributed by atoms with Crippen LogP contribution in [0.4, 0.5) is 10.7 Å². The molecular weight excluding hydrogens is 410 g/mol. The molecule has 0 aliphatic heterocycles. The van der Waals surface area contributed by atoms with Crippen molar-refractivity contribution in [2.24, 2.45) is 7.05 Å². The van der Waals surface area contributed by atoms with Gasteiger partial charge >= 0.3 is 6.09 Å². The van der Waals surface area contributed by atoms with Gasteiger partial charge in [-0.25, -0.2) is 14.7 Å². The molecule has 0 bridgehead atoms. The third-order valence-corrected chi connectivity index (χ3v) is 4.54. The highest BCUT2D eigenvalue weighted by Gasteiger charge is 2.27. The fraction of sp³-hybridized carbons (Fsp3) is 0.400. The lowest BCUT2D eigenvalue weighted by molar-refractivity contribution is 0.0587. The van der Waals surface area contributed by atoms with Crippen LogP contribution in [0.5, 0.6) is 11.8 Å². The maximum absolute atomic E-state index is 12.4. The van der Waals surface area contributed by atoms with Gasteiger partial charge in [0.05, 0.1) is 31.6 Å². The van der Waals surface area contributed by atoms with Gasteiger partial charge in [0.2, 0.25) is 17.7 Å². The SMILES string of the molecule is COc1nc(N(C)C(=O)OC(C)(C)C)nc(OC)c1-c1cc2cc(Cl)ncc2n1C. The molecular formula is C20H24ClN5O4. The van der Waals surface area contributed by atoms with Crippen LogP contribution in [0.1, 0.15) is 20.8 Å². The molecule has 0 fully saturated rings. The van der Waals surface area contributed by atoms with Crippen LogP contribution in [0.2, 0.25) is 5.15 Å². The van der Waals surface area contributed by atoms with Crippen molar-refractivity contribution >= 4 is 34.5 Å². The summed E-state index contributed by atoms with van der Waals surface area (Å²) in [5.74, 6) is 0.583. The normalized spacial score (nSPS) is 11.5. The Balaban J connectivity index is 2.13. The highest BCUT2D eigenvalue weighted by molar-refractivity contribution is 6.30. The molecule has 3 aromatic heterocycles. The van der Waals surface area contributed by atoms with E-state index in [0.29, 0.717) is 10.7 Å². The summed E-state index contributed by atoms with van der Waals surface area (Å²) in [5.41, 5.74) is 1.50. The fourth-order valence-electron chi connectivity index (χ4n) is 2.93. The molecule has 0 aliphatic carbocycles. The second-order valence-corrected chi connectivity index (χ2v) is 8.00. The number of hydrogen-bond acceptors (Lipinski definition) is 7. The van der Waals surface area contributed by atoms with Gasteiger partial charge < -0.3 is 18.8 Å². The summed E-state index contributed by atoms with van der Waals surface area (Å²) in [5, 5.41) is 1.29. The number of ether oxygens (including phenoxy) is 3. The topological polar surface area (TPSA) is 91.6 Å². The number of aromatic nitrogens is 4.